The lowest BCUT2D eigenvalue weighted by molar-refractivity contribution is 0.103. The molecule has 0 heterocycles. The molecule has 0 radical (unpaired) electrons. The van der Waals surface area contributed by atoms with Gasteiger partial charge in [-0.3, -0.25) is 9.59 Å². The highest BCUT2D eigenvalue weighted by Gasteiger charge is 2.13. The molecule has 0 bridgehead atoms. The summed E-state index contributed by atoms with van der Waals surface area (Å²) in [5, 5.41) is 0. The Bertz CT molecular complexity index is 1220. The zero-order chi connectivity index (χ0) is 23.6. The van der Waals surface area contributed by atoms with E-state index in [1.165, 1.54) is 21.6 Å². The van der Waals surface area contributed by atoms with Gasteiger partial charge in [0.15, 0.2) is 11.6 Å². The summed E-state index contributed by atoms with van der Waals surface area (Å²) in [6.45, 7) is 0. The van der Waals surface area contributed by atoms with Crippen LogP contribution < -0.4 is 0 Å². The molecular formula is C30H22O2S2. The molecule has 166 valence electrons. The molecule has 0 saturated carbocycles. The number of ketones is 2. The van der Waals surface area contributed by atoms with Crippen LogP contribution in [0.1, 0.15) is 31.8 Å². The number of hydrogen-bond acceptors (Lipinski definition) is 4. The Labute approximate surface area is 207 Å². The summed E-state index contributed by atoms with van der Waals surface area (Å²) in [7, 11) is 2.96. The predicted octanol–water partition coefficient (Wildman–Crippen LogP) is 8.28. The SMILES string of the molecule is O=C(/C=C/c1ccccc1)c1ccccc1SSc1ccccc1C(=O)/C=C/c1ccccc1. The van der Waals surface area contributed by atoms with Gasteiger partial charge < -0.3 is 0 Å². The number of hydrogen-bond donors (Lipinski definition) is 0. The fourth-order valence-corrected chi connectivity index (χ4v) is 5.60. The van der Waals surface area contributed by atoms with Gasteiger partial charge in [-0.2, -0.15) is 0 Å². The molecule has 0 aromatic heterocycles. The van der Waals surface area contributed by atoms with Gasteiger partial charge in [-0.15, -0.1) is 0 Å². The quantitative estimate of drug-likeness (QED) is 0.138. The molecular weight excluding hydrogens is 456 g/mol. The maximum absolute atomic E-state index is 12.9. The highest BCUT2D eigenvalue weighted by Crippen LogP contribution is 2.40. The maximum Gasteiger partial charge on any atom is 0.187 e. The van der Waals surface area contributed by atoms with Crippen molar-refractivity contribution in [1.82, 2.24) is 0 Å². The third-order valence-corrected chi connectivity index (χ3v) is 7.46. The van der Waals surface area contributed by atoms with Gasteiger partial charge in [0.05, 0.1) is 0 Å². The zero-order valence-corrected chi connectivity index (χ0v) is 20.0. The Kier molecular flexibility index (Phi) is 8.33. The van der Waals surface area contributed by atoms with Crippen molar-refractivity contribution in [2.45, 2.75) is 9.79 Å². The van der Waals surface area contributed by atoms with E-state index in [1.807, 2.05) is 121 Å². The van der Waals surface area contributed by atoms with E-state index in [9.17, 15) is 9.59 Å². The van der Waals surface area contributed by atoms with Crippen molar-refractivity contribution in [3.8, 4) is 0 Å². The lowest BCUT2D eigenvalue weighted by Gasteiger charge is -2.08. The van der Waals surface area contributed by atoms with Crippen molar-refractivity contribution in [2.75, 3.05) is 0 Å². The second-order valence-electron chi connectivity index (χ2n) is 7.38. The summed E-state index contributed by atoms with van der Waals surface area (Å²) in [5.74, 6) is -0.106. The fourth-order valence-electron chi connectivity index (χ4n) is 3.23. The molecule has 0 aliphatic rings. The van der Waals surface area contributed by atoms with Gasteiger partial charge in [-0.05, 0) is 47.5 Å². The van der Waals surface area contributed by atoms with Crippen LogP contribution in [0.3, 0.4) is 0 Å². The van der Waals surface area contributed by atoms with Crippen molar-refractivity contribution in [2.24, 2.45) is 0 Å². The average molecular weight is 479 g/mol. The van der Waals surface area contributed by atoms with Gasteiger partial charge in [0, 0.05) is 20.9 Å². The molecule has 2 nitrogen and oxygen atoms in total. The fraction of sp³-hybridized carbons (Fsp3) is 0. The third kappa shape index (κ3) is 6.47. The van der Waals surface area contributed by atoms with E-state index in [2.05, 4.69) is 0 Å². The highest BCUT2D eigenvalue weighted by molar-refractivity contribution is 8.76. The van der Waals surface area contributed by atoms with Crippen molar-refractivity contribution < 1.29 is 9.59 Å². The van der Waals surface area contributed by atoms with Gasteiger partial charge in [0.25, 0.3) is 0 Å². The first-order valence-electron chi connectivity index (χ1n) is 10.8. The number of allylic oxidation sites excluding steroid dienone is 2. The molecule has 4 aromatic carbocycles. The second-order valence-corrected chi connectivity index (χ2v) is 9.59. The molecule has 34 heavy (non-hydrogen) atoms. The lowest BCUT2D eigenvalue weighted by atomic mass is 10.1. The summed E-state index contributed by atoms with van der Waals surface area (Å²) in [5.41, 5.74) is 3.23. The Morgan fingerprint density at radius 2 is 0.824 bits per heavy atom. The van der Waals surface area contributed by atoms with Crippen molar-refractivity contribution in [1.29, 1.82) is 0 Å². The average Bonchev–Trinajstić information content (AvgIpc) is 2.90. The van der Waals surface area contributed by atoms with E-state index < -0.39 is 0 Å². The first-order valence-corrected chi connectivity index (χ1v) is 12.9. The summed E-state index contributed by atoms with van der Waals surface area (Å²) >= 11 is 0. The van der Waals surface area contributed by atoms with E-state index in [0.29, 0.717) is 11.1 Å². The van der Waals surface area contributed by atoms with E-state index in [-0.39, 0.29) is 11.6 Å². The van der Waals surface area contributed by atoms with Gasteiger partial charge >= 0.3 is 0 Å². The van der Waals surface area contributed by atoms with Gasteiger partial charge in [0.2, 0.25) is 0 Å². The molecule has 4 heteroatoms. The largest absolute Gasteiger partial charge is 0.289 e. The molecule has 0 fully saturated rings. The minimum Gasteiger partial charge on any atom is -0.289 e. The molecule has 0 aliphatic heterocycles. The third-order valence-electron chi connectivity index (χ3n) is 4.98. The molecule has 4 aromatic rings. The summed E-state index contributed by atoms with van der Waals surface area (Å²) in [4.78, 5) is 27.5. The van der Waals surface area contributed by atoms with Crippen LogP contribution in [0, 0.1) is 0 Å². The first-order chi connectivity index (χ1) is 16.7. The molecule has 0 spiro atoms. The monoisotopic (exact) mass is 478 g/mol. The standard InChI is InChI=1S/C30H22O2S2/c31-27(21-19-23-11-3-1-4-12-23)25-15-7-9-17-29(25)33-34-30-18-10-8-16-26(30)28(32)22-20-24-13-5-2-6-14-24/h1-22H/b21-19+,22-20+. The molecule has 0 N–H and O–H groups in total. The van der Waals surface area contributed by atoms with Crippen LogP contribution in [0.25, 0.3) is 12.2 Å². The molecule has 0 atom stereocenters. The predicted molar refractivity (Wildman–Crippen MR) is 144 cm³/mol. The summed E-state index contributed by atoms with van der Waals surface area (Å²) in [6.07, 6.45) is 6.85. The van der Waals surface area contributed by atoms with Gasteiger partial charge in [0.1, 0.15) is 0 Å². The molecule has 0 saturated heterocycles. The van der Waals surface area contributed by atoms with E-state index in [1.54, 1.807) is 12.2 Å². The number of carbonyl (C=O) groups excluding carboxylic acids is 2. The minimum absolute atomic E-state index is 0.0530. The normalized spacial score (nSPS) is 11.2. The minimum atomic E-state index is -0.0530. The van der Waals surface area contributed by atoms with E-state index in [0.717, 1.165) is 20.9 Å². The smallest absolute Gasteiger partial charge is 0.187 e. The molecule has 0 unspecified atom stereocenters. The van der Waals surface area contributed by atoms with Crippen LogP contribution in [0.5, 0.6) is 0 Å². The van der Waals surface area contributed by atoms with Crippen LogP contribution >= 0.6 is 21.6 Å². The Morgan fingerprint density at radius 3 is 1.24 bits per heavy atom. The van der Waals surface area contributed by atoms with E-state index in [4.69, 9.17) is 0 Å². The van der Waals surface area contributed by atoms with Gasteiger partial charge in [-0.1, -0.05) is 119 Å². The molecule has 0 aliphatic carbocycles. The number of benzene rings is 4. The van der Waals surface area contributed by atoms with Crippen LogP contribution in [0.4, 0.5) is 0 Å². The maximum atomic E-state index is 12.9. The van der Waals surface area contributed by atoms with Crippen LogP contribution in [0.15, 0.2) is 131 Å². The Morgan fingerprint density at radius 1 is 0.471 bits per heavy atom. The Balaban J connectivity index is 1.48. The molecule has 4 rings (SSSR count). The second kappa shape index (κ2) is 12.0. The van der Waals surface area contributed by atoms with Crippen LogP contribution in [0.2, 0.25) is 0 Å². The topological polar surface area (TPSA) is 34.1 Å². The summed E-state index contributed by atoms with van der Waals surface area (Å²) in [6, 6.07) is 34.6. The zero-order valence-electron chi connectivity index (χ0n) is 18.3. The lowest BCUT2D eigenvalue weighted by Crippen LogP contribution is -1.97. The number of carbonyl (C=O) groups is 2. The van der Waals surface area contributed by atoms with Crippen LogP contribution in [-0.2, 0) is 0 Å². The van der Waals surface area contributed by atoms with Crippen molar-refractivity contribution in [3.05, 3.63) is 144 Å². The van der Waals surface area contributed by atoms with Crippen LogP contribution in [-0.4, -0.2) is 11.6 Å². The Hall–Kier alpha value is -3.60. The highest BCUT2D eigenvalue weighted by atomic mass is 33.1. The molecule has 0 amide bonds. The number of rotatable bonds is 9. The van der Waals surface area contributed by atoms with Crippen molar-refractivity contribution in [3.63, 3.8) is 0 Å². The van der Waals surface area contributed by atoms with Crippen molar-refractivity contribution >= 4 is 45.3 Å². The van der Waals surface area contributed by atoms with Gasteiger partial charge in [-0.25, -0.2) is 0 Å². The first kappa shape index (κ1) is 23.6. The summed E-state index contributed by atoms with van der Waals surface area (Å²) < 4.78 is 0. The van der Waals surface area contributed by atoms with E-state index >= 15 is 0 Å².